The van der Waals surface area contributed by atoms with Gasteiger partial charge in [0.1, 0.15) is 0 Å². The fraction of sp³-hybridized carbons (Fsp3) is 0.909. The molecular formula is C11H21ClN2O2. The van der Waals surface area contributed by atoms with Gasteiger partial charge in [0.2, 0.25) is 5.91 Å². The summed E-state index contributed by atoms with van der Waals surface area (Å²) in [5.41, 5.74) is 0. The molecule has 0 bridgehead atoms. The van der Waals surface area contributed by atoms with E-state index in [1.807, 2.05) is 4.90 Å². The minimum atomic E-state index is 0. The van der Waals surface area contributed by atoms with Crippen molar-refractivity contribution in [3.63, 3.8) is 0 Å². The smallest absolute Gasteiger partial charge is 0.224 e. The van der Waals surface area contributed by atoms with Crippen LogP contribution in [0, 0.1) is 0 Å². The number of nitrogens with one attached hydrogen (secondary N) is 1. The highest BCUT2D eigenvalue weighted by molar-refractivity contribution is 5.85. The average molecular weight is 249 g/mol. The molecule has 1 amide bonds. The molecule has 2 saturated heterocycles. The Bertz CT molecular complexity index is 232. The van der Waals surface area contributed by atoms with Gasteiger partial charge in [-0.2, -0.15) is 0 Å². The summed E-state index contributed by atoms with van der Waals surface area (Å²) in [7, 11) is 0. The van der Waals surface area contributed by atoms with Crippen LogP contribution in [0.5, 0.6) is 0 Å². The van der Waals surface area contributed by atoms with Crippen molar-refractivity contribution in [2.75, 3.05) is 26.3 Å². The molecule has 16 heavy (non-hydrogen) atoms. The van der Waals surface area contributed by atoms with Crippen molar-refractivity contribution >= 4 is 18.3 Å². The summed E-state index contributed by atoms with van der Waals surface area (Å²) < 4.78 is 5.32. The minimum Gasteiger partial charge on any atom is -0.377 e. The summed E-state index contributed by atoms with van der Waals surface area (Å²) in [6.07, 6.45) is 3.01. The first-order valence-corrected chi connectivity index (χ1v) is 5.88. The third-order valence-corrected chi connectivity index (χ3v) is 3.27. The molecule has 0 spiro atoms. The van der Waals surface area contributed by atoms with Gasteiger partial charge < -0.3 is 15.0 Å². The molecule has 2 unspecified atom stereocenters. The van der Waals surface area contributed by atoms with E-state index in [0.29, 0.717) is 25.7 Å². The lowest BCUT2D eigenvalue weighted by Crippen LogP contribution is -2.48. The van der Waals surface area contributed by atoms with E-state index in [1.165, 1.54) is 6.42 Å². The van der Waals surface area contributed by atoms with Crippen LogP contribution in [-0.4, -0.2) is 49.2 Å². The monoisotopic (exact) mass is 248 g/mol. The lowest BCUT2D eigenvalue weighted by atomic mass is 10.1. The number of hydrogen-bond acceptors (Lipinski definition) is 3. The SMILES string of the molecule is CC1COCCN1C(=O)CC1CCCN1.Cl. The second-order valence-corrected chi connectivity index (χ2v) is 4.51. The van der Waals surface area contributed by atoms with Gasteiger partial charge >= 0.3 is 0 Å². The van der Waals surface area contributed by atoms with Crippen molar-refractivity contribution < 1.29 is 9.53 Å². The Labute approximate surface area is 103 Å². The van der Waals surface area contributed by atoms with Crippen LogP contribution >= 0.6 is 12.4 Å². The van der Waals surface area contributed by atoms with Crippen molar-refractivity contribution in [1.29, 1.82) is 0 Å². The van der Waals surface area contributed by atoms with Gasteiger partial charge in [0.05, 0.1) is 19.3 Å². The fourth-order valence-corrected chi connectivity index (χ4v) is 2.36. The van der Waals surface area contributed by atoms with Crippen LogP contribution in [-0.2, 0) is 9.53 Å². The van der Waals surface area contributed by atoms with Gasteiger partial charge in [0.15, 0.2) is 0 Å². The molecule has 94 valence electrons. The molecule has 0 saturated carbocycles. The highest BCUT2D eigenvalue weighted by Crippen LogP contribution is 2.13. The van der Waals surface area contributed by atoms with E-state index in [2.05, 4.69) is 12.2 Å². The number of amides is 1. The standard InChI is InChI=1S/C11H20N2O2.ClH/c1-9-8-15-6-5-13(9)11(14)7-10-3-2-4-12-10;/h9-10,12H,2-8H2,1H3;1H. The minimum absolute atomic E-state index is 0. The topological polar surface area (TPSA) is 41.6 Å². The lowest BCUT2D eigenvalue weighted by molar-refractivity contribution is -0.139. The zero-order valence-corrected chi connectivity index (χ0v) is 10.6. The maximum Gasteiger partial charge on any atom is 0.224 e. The van der Waals surface area contributed by atoms with Gasteiger partial charge in [0, 0.05) is 19.0 Å². The van der Waals surface area contributed by atoms with E-state index in [-0.39, 0.29) is 24.4 Å². The molecule has 0 aliphatic carbocycles. The van der Waals surface area contributed by atoms with Crippen LogP contribution in [0.15, 0.2) is 0 Å². The number of carbonyl (C=O) groups is 1. The molecule has 2 aliphatic rings. The summed E-state index contributed by atoms with van der Waals surface area (Å²) >= 11 is 0. The third kappa shape index (κ3) is 3.34. The fourth-order valence-electron chi connectivity index (χ4n) is 2.36. The lowest BCUT2D eigenvalue weighted by Gasteiger charge is -2.34. The Morgan fingerprint density at radius 2 is 2.38 bits per heavy atom. The molecule has 1 N–H and O–H groups in total. The maximum absolute atomic E-state index is 12.0. The Hall–Kier alpha value is -0.320. The molecule has 0 radical (unpaired) electrons. The van der Waals surface area contributed by atoms with E-state index in [1.54, 1.807) is 0 Å². The van der Waals surface area contributed by atoms with Crippen molar-refractivity contribution in [3.8, 4) is 0 Å². The molecule has 2 fully saturated rings. The zero-order valence-electron chi connectivity index (χ0n) is 9.78. The van der Waals surface area contributed by atoms with Crippen LogP contribution in [0.4, 0.5) is 0 Å². The van der Waals surface area contributed by atoms with E-state index in [4.69, 9.17) is 4.74 Å². The Morgan fingerprint density at radius 3 is 3.00 bits per heavy atom. The van der Waals surface area contributed by atoms with Crippen LogP contribution in [0.1, 0.15) is 26.2 Å². The van der Waals surface area contributed by atoms with Gasteiger partial charge in [-0.3, -0.25) is 4.79 Å². The molecule has 5 heteroatoms. The molecule has 2 heterocycles. The predicted octanol–water partition coefficient (Wildman–Crippen LogP) is 0.798. The largest absolute Gasteiger partial charge is 0.377 e. The van der Waals surface area contributed by atoms with Gasteiger partial charge in [-0.05, 0) is 26.3 Å². The number of ether oxygens (including phenoxy) is 1. The molecule has 2 aliphatic heterocycles. The highest BCUT2D eigenvalue weighted by Gasteiger charge is 2.26. The molecule has 0 aromatic heterocycles. The van der Waals surface area contributed by atoms with Crippen LogP contribution in [0.2, 0.25) is 0 Å². The maximum atomic E-state index is 12.0. The molecular weight excluding hydrogens is 228 g/mol. The highest BCUT2D eigenvalue weighted by atomic mass is 35.5. The predicted molar refractivity (Wildman–Crippen MR) is 64.9 cm³/mol. The van der Waals surface area contributed by atoms with E-state index in [9.17, 15) is 4.79 Å². The first-order valence-electron chi connectivity index (χ1n) is 5.88. The zero-order chi connectivity index (χ0) is 10.7. The van der Waals surface area contributed by atoms with Crippen molar-refractivity contribution in [2.24, 2.45) is 0 Å². The van der Waals surface area contributed by atoms with Crippen LogP contribution < -0.4 is 5.32 Å². The normalized spacial score (nSPS) is 29.9. The Morgan fingerprint density at radius 1 is 1.56 bits per heavy atom. The molecule has 2 rings (SSSR count). The van der Waals surface area contributed by atoms with Gasteiger partial charge in [0.25, 0.3) is 0 Å². The van der Waals surface area contributed by atoms with Crippen molar-refractivity contribution in [1.82, 2.24) is 10.2 Å². The number of halogens is 1. The summed E-state index contributed by atoms with van der Waals surface area (Å²) in [6.45, 7) is 5.25. The number of carbonyl (C=O) groups excluding carboxylic acids is 1. The average Bonchev–Trinajstić information content (AvgIpc) is 2.71. The second kappa shape index (κ2) is 6.42. The van der Waals surface area contributed by atoms with Crippen molar-refractivity contribution in [3.05, 3.63) is 0 Å². The van der Waals surface area contributed by atoms with Crippen LogP contribution in [0.3, 0.4) is 0 Å². The molecule has 0 aromatic rings. The van der Waals surface area contributed by atoms with Gasteiger partial charge in [-0.15, -0.1) is 12.4 Å². The number of hydrogen-bond donors (Lipinski definition) is 1. The van der Waals surface area contributed by atoms with Crippen molar-refractivity contribution in [2.45, 2.75) is 38.3 Å². The Kier molecular flexibility index (Phi) is 5.52. The van der Waals surface area contributed by atoms with Gasteiger partial charge in [-0.1, -0.05) is 0 Å². The summed E-state index contributed by atoms with van der Waals surface area (Å²) in [6, 6.07) is 0.653. The third-order valence-electron chi connectivity index (χ3n) is 3.27. The summed E-state index contributed by atoms with van der Waals surface area (Å²) in [4.78, 5) is 14.0. The number of rotatable bonds is 2. The van der Waals surface area contributed by atoms with E-state index < -0.39 is 0 Å². The van der Waals surface area contributed by atoms with Crippen LogP contribution in [0.25, 0.3) is 0 Å². The molecule has 2 atom stereocenters. The van der Waals surface area contributed by atoms with E-state index >= 15 is 0 Å². The Balaban J connectivity index is 0.00000128. The summed E-state index contributed by atoms with van der Waals surface area (Å²) in [5.74, 6) is 0.283. The first kappa shape index (κ1) is 13.7. The number of nitrogens with zero attached hydrogens (tertiary/aromatic N) is 1. The van der Waals surface area contributed by atoms with E-state index in [0.717, 1.165) is 19.5 Å². The quantitative estimate of drug-likeness (QED) is 0.786. The second-order valence-electron chi connectivity index (χ2n) is 4.51. The first-order chi connectivity index (χ1) is 7.27. The summed E-state index contributed by atoms with van der Waals surface area (Å²) in [5, 5.41) is 3.36. The van der Waals surface area contributed by atoms with Gasteiger partial charge in [-0.25, -0.2) is 0 Å². The number of morpholine rings is 1. The molecule has 4 nitrogen and oxygen atoms in total. The molecule has 0 aromatic carbocycles.